The maximum Gasteiger partial charge on any atom is 0.298 e. The standard InChI is InChI=1S/C13H8F3NO3/c14-7-1-6-10(2-8(7)15)17(11-3-9(11)16)4-12(13(6)19)20-5-18/h1-2,4-5,9,11H,3H2/t9-,11+/m0/s1. The van der Waals surface area contributed by atoms with Crippen LogP contribution in [-0.2, 0) is 4.79 Å². The molecule has 0 N–H and O–H groups in total. The van der Waals surface area contributed by atoms with Crippen molar-refractivity contribution in [2.24, 2.45) is 0 Å². The van der Waals surface area contributed by atoms with Crippen LogP contribution in [0.1, 0.15) is 12.5 Å². The fourth-order valence-corrected chi connectivity index (χ4v) is 2.17. The Bertz CT molecular complexity index is 772. The van der Waals surface area contributed by atoms with Crippen molar-refractivity contribution >= 4 is 17.4 Å². The number of aromatic nitrogens is 1. The van der Waals surface area contributed by atoms with Crippen molar-refractivity contribution in [1.29, 1.82) is 0 Å². The number of pyridine rings is 1. The summed E-state index contributed by atoms with van der Waals surface area (Å²) >= 11 is 0. The van der Waals surface area contributed by atoms with Gasteiger partial charge in [0.05, 0.1) is 23.1 Å². The first-order chi connectivity index (χ1) is 9.52. The van der Waals surface area contributed by atoms with Crippen molar-refractivity contribution in [3.63, 3.8) is 0 Å². The van der Waals surface area contributed by atoms with Gasteiger partial charge in [0.1, 0.15) is 6.17 Å². The van der Waals surface area contributed by atoms with Crippen LogP contribution in [0.3, 0.4) is 0 Å². The highest BCUT2D eigenvalue weighted by atomic mass is 19.2. The molecule has 0 aliphatic heterocycles. The zero-order chi connectivity index (χ0) is 14.4. The summed E-state index contributed by atoms with van der Waals surface area (Å²) < 4.78 is 45.6. The number of ether oxygens (including phenoxy) is 1. The second-order valence-corrected chi connectivity index (χ2v) is 4.55. The zero-order valence-electron chi connectivity index (χ0n) is 9.98. The quantitative estimate of drug-likeness (QED) is 0.810. The molecule has 0 saturated heterocycles. The molecule has 1 aromatic heterocycles. The summed E-state index contributed by atoms with van der Waals surface area (Å²) in [7, 11) is 0. The van der Waals surface area contributed by atoms with Gasteiger partial charge in [0.25, 0.3) is 6.47 Å². The van der Waals surface area contributed by atoms with Crippen LogP contribution in [-0.4, -0.2) is 17.2 Å². The second-order valence-electron chi connectivity index (χ2n) is 4.55. The summed E-state index contributed by atoms with van der Waals surface area (Å²) in [5, 5.41) is -0.164. The Morgan fingerprint density at radius 1 is 1.30 bits per heavy atom. The Balaban J connectivity index is 2.35. The van der Waals surface area contributed by atoms with Gasteiger partial charge in [0.2, 0.25) is 5.43 Å². The number of halogens is 3. The third-order valence-electron chi connectivity index (χ3n) is 3.25. The van der Waals surface area contributed by atoms with Crippen molar-refractivity contribution in [2.45, 2.75) is 18.6 Å². The van der Waals surface area contributed by atoms with E-state index in [9.17, 15) is 22.8 Å². The molecule has 7 heteroatoms. The van der Waals surface area contributed by atoms with Crippen molar-refractivity contribution in [2.75, 3.05) is 0 Å². The van der Waals surface area contributed by atoms with Crippen molar-refractivity contribution in [3.05, 3.63) is 40.2 Å². The Hall–Kier alpha value is -2.31. The molecule has 2 atom stereocenters. The van der Waals surface area contributed by atoms with Gasteiger partial charge in [-0.05, 0) is 6.07 Å². The number of fused-ring (bicyclic) bond motifs is 1. The maximum atomic E-state index is 13.3. The molecule has 1 fully saturated rings. The Kier molecular flexibility index (Phi) is 2.77. The summed E-state index contributed by atoms with van der Waals surface area (Å²) in [6.45, 7) is 0.0482. The average Bonchev–Trinajstić information content (AvgIpc) is 3.12. The van der Waals surface area contributed by atoms with Crippen LogP contribution >= 0.6 is 0 Å². The minimum Gasteiger partial charge on any atom is -0.423 e. The van der Waals surface area contributed by atoms with Gasteiger partial charge in [-0.1, -0.05) is 0 Å². The molecule has 0 radical (unpaired) electrons. The van der Waals surface area contributed by atoms with Gasteiger partial charge < -0.3 is 9.30 Å². The van der Waals surface area contributed by atoms with Crippen molar-refractivity contribution in [3.8, 4) is 5.75 Å². The summed E-state index contributed by atoms with van der Waals surface area (Å²) in [5.74, 6) is -2.68. The molecule has 4 nitrogen and oxygen atoms in total. The molecule has 0 spiro atoms. The minimum atomic E-state index is -1.20. The predicted octanol–water partition coefficient (Wildman–Crippen LogP) is 2.10. The molecule has 1 aliphatic rings. The molecule has 1 aromatic carbocycles. The largest absolute Gasteiger partial charge is 0.423 e. The first-order valence-corrected chi connectivity index (χ1v) is 5.81. The summed E-state index contributed by atoms with van der Waals surface area (Å²) in [6, 6.07) is 0.982. The molecule has 104 valence electrons. The summed E-state index contributed by atoms with van der Waals surface area (Å²) in [6.07, 6.45) is 0.218. The van der Waals surface area contributed by atoms with E-state index in [1.807, 2.05) is 0 Å². The molecule has 1 heterocycles. The van der Waals surface area contributed by atoms with Crippen LogP contribution in [0, 0.1) is 11.6 Å². The van der Waals surface area contributed by atoms with Gasteiger partial charge in [-0.15, -0.1) is 0 Å². The highest BCUT2D eigenvalue weighted by Gasteiger charge is 2.40. The molecule has 2 aromatic rings. The van der Waals surface area contributed by atoms with Gasteiger partial charge in [-0.3, -0.25) is 9.59 Å². The van der Waals surface area contributed by atoms with E-state index < -0.39 is 29.3 Å². The van der Waals surface area contributed by atoms with E-state index in [0.29, 0.717) is 0 Å². The van der Waals surface area contributed by atoms with Gasteiger partial charge in [-0.25, -0.2) is 13.2 Å². The second kappa shape index (κ2) is 4.36. The fourth-order valence-electron chi connectivity index (χ4n) is 2.17. The number of rotatable bonds is 3. The third kappa shape index (κ3) is 1.86. The maximum absolute atomic E-state index is 13.3. The molecule has 3 rings (SSSR count). The summed E-state index contributed by atoms with van der Waals surface area (Å²) in [4.78, 5) is 22.3. The number of alkyl halides is 1. The molecule has 0 bridgehead atoms. The Morgan fingerprint density at radius 3 is 2.55 bits per heavy atom. The molecule has 0 amide bonds. The number of benzene rings is 1. The van der Waals surface area contributed by atoms with Crippen molar-refractivity contribution < 1.29 is 22.7 Å². The molecule has 20 heavy (non-hydrogen) atoms. The first kappa shape index (κ1) is 12.7. The van der Waals surface area contributed by atoms with Crippen LogP contribution in [0.5, 0.6) is 5.75 Å². The fraction of sp³-hybridized carbons (Fsp3) is 0.231. The van der Waals surface area contributed by atoms with E-state index in [1.165, 1.54) is 4.57 Å². The lowest BCUT2D eigenvalue weighted by Crippen LogP contribution is -2.13. The van der Waals surface area contributed by atoms with E-state index in [1.54, 1.807) is 0 Å². The lowest BCUT2D eigenvalue weighted by atomic mass is 10.2. The highest BCUT2D eigenvalue weighted by Crippen LogP contribution is 2.41. The minimum absolute atomic E-state index is 0.0482. The Morgan fingerprint density at radius 2 is 1.95 bits per heavy atom. The first-order valence-electron chi connectivity index (χ1n) is 5.81. The number of carbonyl (C=O) groups excluding carboxylic acids is 1. The number of carbonyl (C=O) groups is 1. The molecule has 1 saturated carbocycles. The van der Waals surface area contributed by atoms with E-state index in [0.717, 1.165) is 18.3 Å². The lowest BCUT2D eigenvalue weighted by molar-refractivity contribution is -0.120. The molecule has 1 aliphatic carbocycles. The summed E-state index contributed by atoms with van der Waals surface area (Å²) in [5.41, 5.74) is -0.685. The van der Waals surface area contributed by atoms with Crippen LogP contribution < -0.4 is 10.2 Å². The van der Waals surface area contributed by atoms with E-state index in [4.69, 9.17) is 0 Å². The topological polar surface area (TPSA) is 48.3 Å². The normalized spacial score (nSPS) is 20.9. The van der Waals surface area contributed by atoms with Gasteiger partial charge in [0, 0.05) is 12.5 Å². The third-order valence-corrected chi connectivity index (χ3v) is 3.25. The zero-order valence-corrected chi connectivity index (χ0v) is 9.98. The molecular formula is C13H8F3NO3. The lowest BCUT2D eigenvalue weighted by Gasteiger charge is -2.12. The monoisotopic (exact) mass is 283 g/mol. The van der Waals surface area contributed by atoms with Crippen LogP contribution in [0.4, 0.5) is 13.2 Å². The number of hydrogen-bond donors (Lipinski definition) is 0. The van der Waals surface area contributed by atoms with Crippen molar-refractivity contribution in [1.82, 2.24) is 4.57 Å². The molecule has 0 unspecified atom stereocenters. The highest BCUT2D eigenvalue weighted by molar-refractivity contribution is 5.81. The predicted molar refractivity (Wildman–Crippen MR) is 63.4 cm³/mol. The average molecular weight is 283 g/mol. The smallest absolute Gasteiger partial charge is 0.298 e. The van der Waals surface area contributed by atoms with E-state index in [-0.39, 0.29) is 29.5 Å². The number of nitrogens with zero attached hydrogens (tertiary/aromatic N) is 1. The van der Waals surface area contributed by atoms with Crippen LogP contribution in [0.15, 0.2) is 23.1 Å². The van der Waals surface area contributed by atoms with Crippen LogP contribution in [0.2, 0.25) is 0 Å². The van der Waals surface area contributed by atoms with E-state index in [2.05, 4.69) is 4.74 Å². The van der Waals surface area contributed by atoms with E-state index >= 15 is 0 Å². The van der Waals surface area contributed by atoms with Gasteiger partial charge >= 0.3 is 0 Å². The SMILES string of the molecule is O=COc1cn([C@@H]2C[C@@H]2F)c2cc(F)c(F)cc2c1=O. The number of hydrogen-bond acceptors (Lipinski definition) is 3. The van der Waals surface area contributed by atoms with Crippen LogP contribution in [0.25, 0.3) is 10.9 Å². The Labute approximate surface area is 110 Å². The van der Waals surface area contributed by atoms with Gasteiger partial charge in [0.15, 0.2) is 17.4 Å². The molecular weight excluding hydrogens is 275 g/mol. The van der Waals surface area contributed by atoms with Gasteiger partial charge in [-0.2, -0.15) is 0 Å².